The first kappa shape index (κ1) is 18.4. The molecule has 1 heterocycles. The van der Waals surface area contributed by atoms with Gasteiger partial charge >= 0.3 is 6.18 Å². The number of carbonyl (C=O) groups is 2. The summed E-state index contributed by atoms with van der Waals surface area (Å²) in [6, 6.07) is 8.38. The third kappa shape index (κ3) is 3.46. The van der Waals surface area contributed by atoms with Crippen molar-refractivity contribution < 1.29 is 27.7 Å². The number of halogens is 3. The zero-order chi connectivity index (χ0) is 19.8. The molecule has 0 unspecified atom stereocenters. The summed E-state index contributed by atoms with van der Waals surface area (Å²) in [6.45, 7) is -0.151. The fourth-order valence-electron chi connectivity index (χ4n) is 2.75. The number of nitrogens with one attached hydrogen (secondary N) is 1. The van der Waals surface area contributed by atoms with Crippen molar-refractivity contribution in [3.05, 3.63) is 69.3 Å². The third-order valence-corrected chi connectivity index (χ3v) is 4.05. The molecule has 2 aromatic carbocycles. The second-order valence-electron chi connectivity index (χ2n) is 5.72. The molecule has 3 rings (SSSR count). The lowest BCUT2D eigenvalue weighted by molar-refractivity contribution is -0.384. The molecule has 1 aliphatic rings. The van der Waals surface area contributed by atoms with Crippen LogP contribution in [-0.4, -0.2) is 34.7 Å². The van der Waals surface area contributed by atoms with E-state index in [4.69, 9.17) is 0 Å². The lowest BCUT2D eigenvalue weighted by Gasteiger charge is -2.15. The summed E-state index contributed by atoms with van der Waals surface area (Å²) in [5.74, 6) is -0.973. The lowest BCUT2D eigenvalue weighted by Crippen LogP contribution is -2.34. The second kappa shape index (κ2) is 6.71. The van der Waals surface area contributed by atoms with Crippen molar-refractivity contribution in [3.63, 3.8) is 0 Å². The zero-order valence-electron chi connectivity index (χ0n) is 13.6. The van der Waals surface area contributed by atoms with Gasteiger partial charge in [0.25, 0.3) is 17.5 Å². The van der Waals surface area contributed by atoms with Gasteiger partial charge in [0, 0.05) is 19.2 Å². The van der Waals surface area contributed by atoms with Gasteiger partial charge in [-0.25, -0.2) is 0 Å². The smallest absolute Gasteiger partial charge is 0.378 e. The molecule has 0 spiro atoms. The monoisotopic (exact) mass is 379 g/mol. The van der Waals surface area contributed by atoms with Crippen LogP contribution in [0.2, 0.25) is 0 Å². The molecule has 10 heteroatoms. The van der Waals surface area contributed by atoms with Gasteiger partial charge in [-0.05, 0) is 24.3 Å². The van der Waals surface area contributed by atoms with E-state index < -0.39 is 34.2 Å². The van der Waals surface area contributed by atoms with Crippen LogP contribution in [0.4, 0.5) is 24.5 Å². The number of imide groups is 1. The predicted molar refractivity (Wildman–Crippen MR) is 88.4 cm³/mol. The Kier molecular flexibility index (Phi) is 4.56. The molecule has 0 saturated heterocycles. The highest BCUT2D eigenvalue weighted by Gasteiger charge is 2.35. The Hall–Kier alpha value is -3.43. The summed E-state index contributed by atoms with van der Waals surface area (Å²) in [7, 11) is 0. The molecule has 140 valence electrons. The van der Waals surface area contributed by atoms with Gasteiger partial charge in [-0.1, -0.05) is 12.1 Å². The van der Waals surface area contributed by atoms with Crippen molar-refractivity contribution in [1.29, 1.82) is 0 Å². The highest BCUT2D eigenvalue weighted by atomic mass is 19.4. The largest absolute Gasteiger partial charge is 0.416 e. The Balaban J connectivity index is 1.72. The molecule has 0 radical (unpaired) electrons. The first-order valence-electron chi connectivity index (χ1n) is 7.75. The van der Waals surface area contributed by atoms with Crippen LogP contribution in [0.25, 0.3) is 0 Å². The minimum absolute atomic E-state index is 0.0579. The number of amides is 2. The average molecular weight is 379 g/mol. The fraction of sp³-hybridized carbons (Fsp3) is 0.176. The van der Waals surface area contributed by atoms with Crippen molar-refractivity contribution >= 4 is 23.2 Å². The molecule has 0 aromatic heterocycles. The molecule has 7 nitrogen and oxygen atoms in total. The van der Waals surface area contributed by atoms with Crippen LogP contribution in [0.15, 0.2) is 42.5 Å². The highest BCUT2D eigenvalue weighted by Crippen LogP contribution is 2.35. The molecule has 2 amide bonds. The number of carbonyl (C=O) groups excluding carboxylic acids is 2. The summed E-state index contributed by atoms with van der Waals surface area (Å²) in [5, 5.41) is 13.7. The summed E-state index contributed by atoms with van der Waals surface area (Å²) in [4.78, 5) is 35.5. The number of fused-ring (bicyclic) bond motifs is 1. The predicted octanol–water partition coefficient (Wildman–Crippen LogP) is 3.32. The molecular formula is C17H12F3N3O4. The number of benzene rings is 2. The highest BCUT2D eigenvalue weighted by molar-refractivity contribution is 6.21. The van der Waals surface area contributed by atoms with Crippen molar-refractivity contribution in [2.75, 3.05) is 18.4 Å². The molecule has 1 aliphatic heterocycles. The number of nitrogens with zero attached hydrogens (tertiary/aromatic N) is 2. The number of alkyl halides is 3. The van der Waals surface area contributed by atoms with Crippen LogP contribution in [-0.2, 0) is 6.18 Å². The van der Waals surface area contributed by atoms with Crippen LogP contribution in [0.3, 0.4) is 0 Å². The summed E-state index contributed by atoms with van der Waals surface area (Å²) >= 11 is 0. The zero-order valence-corrected chi connectivity index (χ0v) is 13.6. The molecule has 2 aromatic rings. The van der Waals surface area contributed by atoms with E-state index >= 15 is 0 Å². The Labute approximate surface area is 150 Å². The van der Waals surface area contributed by atoms with Gasteiger partial charge < -0.3 is 5.32 Å². The van der Waals surface area contributed by atoms with Gasteiger partial charge in [0.1, 0.15) is 5.69 Å². The van der Waals surface area contributed by atoms with E-state index in [9.17, 15) is 32.9 Å². The standard InChI is InChI=1S/C17H12F3N3O4/c18-17(19,20)10-5-6-13(14(9-10)23(26)27)21-7-8-22-15(24)11-3-1-2-4-12(11)16(22)25/h1-6,9,21H,7-8H2. The van der Waals surface area contributed by atoms with E-state index in [2.05, 4.69) is 5.32 Å². The molecule has 0 fully saturated rings. The number of hydrogen-bond acceptors (Lipinski definition) is 5. The first-order chi connectivity index (χ1) is 12.7. The number of rotatable bonds is 5. The second-order valence-corrected chi connectivity index (χ2v) is 5.72. The quantitative estimate of drug-likeness (QED) is 0.489. The van der Waals surface area contributed by atoms with E-state index in [-0.39, 0.29) is 29.9 Å². The van der Waals surface area contributed by atoms with Crippen molar-refractivity contribution in [2.24, 2.45) is 0 Å². The van der Waals surface area contributed by atoms with Gasteiger partial charge in [-0.2, -0.15) is 13.2 Å². The van der Waals surface area contributed by atoms with E-state index in [0.717, 1.165) is 17.0 Å². The fourth-order valence-corrected chi connectivity index (χ4v) is 2.75. The molecular weight excluding hydrogens is 367 g/mol. The van der Waals surface area contributed by atoms with Crippen LogP contribution >= 0.6 is 0 Å². The SMILES string of the molecule is O=C1c2ccccc2C(=O)N1CCNc1ccc(C(F)(F)F)cc1[N+](=O)[O-]. The Morgan fingerprint density at radius 2 is 1.63 bits per heavy atom. The number of nitro groups is 1. The lowest BCUT2D eigenvalue weighted by atomic mass is 10.1. The van der Waals surface area contributed by atoms with Crippen molar-refractivity contribution in [2.45, 2.75) is 6.18 Å². The first-order valence-corrected chi connectivity index (χ1v) is 7.75. The number of hydrogen-bond donors (Lipinski definition) is 1. The molecule has 0 bridgehead atoms. The Bertz CT molecular complexity index is 908. The van der Waals surface area contributed by atoms with E-state index in [1.165, 1.54) is 12.1 Å². The van der Waals surface area contributed by atoms with E-state index in [1.54, 1.807) is 12.1 Å². The summed E-state index contributed by atoms with van der Waals surface area (Å²) in [5.41, 5.74) is -1.48. The maximum Gasteiger partial charge on any atom is 0.416 e. The maximum atomic E-state index is 12.7. The van der Waals surface area contributed by atoms with Crippen LogP contribution in [0.5, 0.6) is 0 Å². The topological polar surface area (TPSA) is 92.6 Å². The van der Waals surface area contributed by atoms with Gasteiger partial charge in [-0.15, -0.1) is 0 Å². The molecule has 0 aliphatic carbocycles. The minimum atomic E-state index is -4.70. The van der Waals surface area contributed by atoms with E-state index in [0.29, 0.717) is 6.07 Å². The van der Waals surface area contributed by atoms with Crippen molar-refractivity contribution in [3.8, 4) is 0 Å². The minimum Gasteiger partial charge on any atom is -0.378 e. The maximum absolute atomic E-state index is 12.7. The number of nitro benzene ring substituents is 1. The molecule has 1 N–H and O–H groups in total. The van der Waals surface area contributed by atoms with Crippen LogP contribution < -0.4 is 5.32 Å². The third-order valence-electron chi connectivity index (χ3n) is 4.05. The molecule has 0 saturated carbocycles. The van der Waals surface area contributed by atoms with Gasteiger partial charge in [0.15, 0.2) is 0 Å². The van der Waals surface area contributed by atoms with Gasteiger partial charge in [0.2, 0.25) is 0 Å². The van der Waals surface area contributed by atoms with Crippen LogP contribution in [0, 0.1) is 10.1 Å². The summed E-state index contributed by atoms with van der Waals surface area (Å²) in [6.07, 6.45) is -4.70. The van der Waals surface area contributed by atoms with Crippen molar-refractivity contribution in [1.82, 2.24) is 4.90 Å². The molecule has 0 atom stereocenters. The Morgan fingerprint density at radius 3 is 2.15 bits per heavy atom. The average Bonchev–Trinajstić information content (AvgIpc) is 2.86. The van der Waals surface area contributed by atoms with E-state index in [1.807, 2.05) is 0 Å². The normalized spacial score (nSPS) is 13.7. The van der Waals surface area contributed by atoms with Gasteiger partial charge in [0.05, 0.1) is 21.6 Å². The van der Waals surface area contributed by atoms with Gasteiger partial charge in [-0.3, -0.25) is 24.6 Å². The number of anilines is 1. The Morgan fingerprint density at radius 1 is 1.04 bits per heavy atom. The van der Waals surface area contributed by atoms with Crippen LogP contribution in [0.1, 0.15) is 26.3 Å². The summed E-state index contributed by atoms with van der Waals surface area (Å²) < 4.78 is 38.1. The molecule has 27 heavy (non-hydrogen) atoms.